The summed E-state index contributed by atoms with van der Waals surface area (Å²) >= 11 is 0. The van der Waals surface area contributed by atoms with E-state index in [0.717, 1.165) is 11.3 Å². The molecule has 1 aliphatic heterocycles. The molecule has 3 nitrogen and oxygen atoms in total. The third kappa shape index (κ3) is 3.31. The molecular weight excluding hydrogens is 260 g/mol. The molecule has 3 rings (SSSR count). The number of aromatic nitrogens is 1. The number of hydrogen-bond acceptors (Lipinski definition) is 3. The molecule has 0 spiro atoms. The Hall–Kier alpha value is -1.71. The Bertz CT molecular complexity index is 568. The maximum atomic E-state index is 10.2. The predicted octanol–water partition coefficient (Wildman–Crippen LogP) is 3.12. The van der Waals surface area contributed by atoms with E-state index in [-0.39, 0.29) is 0 Å². The van der Waals surface area contributed by atoms with Gasteiger partial charge in [-0.05, 0) is 43.6 Å². The summed E-state index contributed by atoms with van der Waals surface area (Å²) in [7, 11) is 2.17. The Morgan fingerprint density at radius 2 is 2.05 bits per heavy atom. The van der Waals surface area contributed by atoms with Crippen molar-refractivity contribution in [1.29, 1.82) is 0 Å². The van der Waals surface area contributed by atoms with Crippen LogP contribution in [0.3, 0.4) is 0 Å². The zero-order valence-corrected chi connectivity index (χ0v) is 12.4. The smallest absolute Gasteiger partial charge is 0.0845 e. The van der Waals surface area contributed by atoms with E-state index in [2.05, 4.69) is 23.0 Å². The molecule has 0 amide bonds. The number of rotatable bonds is 4. The second-order valence-corrected chi connectivity index (χ2v) is 5.85. The van der Waals surface area contributed by atoms with Crippen LogP contribution in [0.4, 0.5) is 0 Å². The first kappa shape index (κ1) is 14.2. The van der Waals surface area contributed by atoms with Crippen molar-refractivity contribution < 1.29 is 5.11 Å². The lowest BCUT2D eigenvalue weighted by molar-refractivity contribution is 0.177. The zero-order chi connectivity index (χ0) is 14.7. The summed E-state index contributed by atoms with van der Waals surface area (Å²) in [5, 5.41) is 10.2. The number of aliphatic hydroxyl groups excluding tert-OH is 1. The fraction of sp³-hybridized carbons (Fsp3) is 0.389. The molecule has 3 heteroatoms. The molecule has 2 aromatic rings. The van der Waals surface area contributed by atoms with Crippen molar-refractivity contribution in [2.75, 3.05) is 13.6 Å². The summed E-state index contributed by atoms with van der Waals surface area (Å²) in [5.41, 5.74) is 3.17. The molecule has 1 aromatic carbocycles. The summed E-state index contributed by atoms with van der Waals surface area (Å²) in [6.45, 7) is 1.17. The van der Waals surface area contributed by atoms with E-state index in [1.807, 2.05) is 42.6 Å². The molecule has 0 bridgehead atoms. The van der Waals surface area contributed by atoms with Gasteiger partial charge in [-0.2, -0.15) is 0 Å². The average molecular weight is 282 g/mol. The van der Waals surface area contributed by atoms with Crippen LogP contribution in [0.1, 0.15) is 41.8 Å². The zero-order valence-electron chi connectivity index (χ0n) is 12.4. The Morgan fingerprint density at radius 3 is 2.67 bits per heavy atom. The van der Waals surface area contributed by atoms with Crippen molar-refractivity contribution in [2.24, 2.45) is 0 Å². The van der Waals surface area contributed by atoms with Crippen molar-refractivity contribution in [3.05, 3.63) is 65.5 Å². The predicted molar refractivity (Wildman–Crippen MR) is 83.9 cm³/mol. The van der Waals surface area contributed by atoms with Crippen molar-refractivity contribution in [2.45, 2.75) is 31.4 Å². The van der Waals surface area contributed by atoms with Gasteiger partial charge in [-0.1, -0.05) is 36.4 Å². The van der Waals surface area contributed by atoms with Gasteiger partial charge in [0, 0.05) is 24.4 Å². The number of benzene rings is 1. The third-order valence-electron chi connectivity index (χ3n) is 4.34. The van der Waals surface area contributed by atoms with Crippen LogP contribution in [0.2, 0.25) is 0 Å². The minimum atomic E-state index is -0.487. The van der Waals surface area contributed by atoms with Gasteiger partial charge in [0.15, 0.2) is 0 Å². The van der Waals surface area contributed by atoms with Crippen LogP contribution in [-0.4, -0.2) is 28.6 Å². The molecule has 0 saturated carbocycles. The van der Waals surface area contributed by atoms with Crippen molar-refractivity contribution >= 4 is 0 Å². The molecule has 21 heavy (non-hydrogen) atoms. The normalized spacial score (nSPS) is 20.6. The average Bonchev–Trinajstić information content (AvgIpc) is 2.95. The molecule has 1 aromatic heterocycles. The number of hydrogen-bond donors (Lipinski definition) is 1. The highest BCUT2D eigenvalue weighted by atomic mass is 16.3. The largest absolute Gasteiger partial charge is 0.388 e. The monoisotopic (exact) mass is 282 g/mol. The van der Waals surface area contributed by atoms with Crippen LogP contribution in [0.5, 0.6) is 0 Å². The standard InChI is InChI=1S/C18H22N2O/c1-20-11-5-8-17(20)15-9-10-16(19-13-15)12-18(21)14-6-3-2-4-7-14/h2-4,6-7,9-10,13,17-18,21H,5,8,11-12H2,1H3. The molecule has 1 fully saturated rings. The molecule has 110 valence electrons. The van der Waals surface area contributed by atoms with E-state index in [1.165, 1.54) is 24.9 Å². The van der Waals surface area contributed by atoms with Crippen LogP contribution in [0, 0.1) is 0 Å². The van der Waals surface area contributed by atoms with Crippen LogP contribution < -0.4 is 0 Å². The van der Waals surface area contributed by atoms with E-state index in [4.69, 9.17) is 0 Å². The van der Waals surface area contributed by atoms with Gasteiger partial charge in [0.05, 0.1) is 6.10 Å². The summed E-state index contributed by atoms with van der Waals surface area (Å²) in [6.07, 6.45) is 4.52. The van der Waals surface area contributed by atoms with Gasteiger partial charge in [-0.15, -0.1) is 0 Å². The molecule has 1 N–H and O–H groups in total. The van der Waals surface area contributed by atoms with E-state index < -0.39 is 6.10 Å². The van der Waals surface area contributed by atoms with Crippen LogP contribution >= 0.6 is 0 Å². The van der Waals surface area contributed by atoms with Gasteiger partial charge in [0.25, 0.3) is 0 Å². The van der Waals surface area contributed by atoms with Gasteiger partial charge >= 0.3 is 0 Å². The Morgan fingerprint density at radius 1 is 1.24 bits per heavy atom. The fourth-order valence-corrected chi connectivity index (χ4v) is 3.08. The third-order valence-corrected chi connectivity index (χ3v) is 4.34. The highest BCUT2D eigenvalue weighted by molar-refractivity contribution is 5.22. The maximum Gasteiger partial charge on any atom is 0.0845 e. The van der Waals surface area contributed by atoms with Crippen molar-refractivity contribution in [3.8, 4) is 0 Å². The first-order valence-corrected chi connectivity index (χ1v) is 7.62. The Labute approximate surface area is 126 Å². The minimum Gasteiger partial charge on any atom is -0.388 e. The summed E-state index contributed by atoms with van der Waals surface area (Å²) in [5.74, 6) is 0. The second-order valence-electron chi connectivity index (χ2n) is 5.85. The number of likely N-dealkylation sites (tertiary alicyclic amines) is 1. The fourth-order valence-electron chi connectivity index (χ4n) is 3.08. The van der Waals surface area contributed by atoms with Gasteiger partial charge in [0.2, 0.25) is 0 Å². The molecule has 2 atom stereocenters. The van der Waals surface area contributed by atoms with E-state index in [9.17, 15) is 5.11 Å². The molecule has 1 saturated heterocycles. The van der Waals surface area contributed by atoms with Gasteiger partial charge in [-0.25, -0.2) is 0 Å². The molecule has 0 radical (unpaired) electrons. The molecule has 1 aliphatic rings. The highest BCUT2D eigenvalue weighted by Gasteiger charge is 2.22. The Kier molecular flexibility index (Phi) is 4.32. The van der Waals surface area contributed by atoms with E-state index in [0.29, 0.717) is 12.5 Å². The molecule has 2 unspecified atom stereocenters. The maximum absolute atomic E-state index is 10.2. The summed E-state index contributed by atoms with van der Waals surface area (Å²) in [4.78, 5) is 6.92. The van der Waals surface area contributed by atoms with Crippen LogP contribution in [0.25, 0.3) is 0 Å². The van der Waals surface area contributed by atoms with Crippen LogP contribution in [0.15, 0.2) is 48.7 Å². The molecular formula is C18H22N2O. The van der Waals surface area contributed by atoms with Crippen molar-refractivity contribution in [3.63, 3.8) is 0 Å². The van der Waals surface area contributed by atoms with Gasteiger partial charge in [0.1, 0.15) is 0 Å². The topological polar surface area (TPSA) is 36.4 Å². The number of nitrogens with zero attached hydrogens (tertiary/aromatic N) is 2. The lowest BCUT2D eigenvalue weighted by atomic mass is 10.0. The van der Waals surface area contributed by atoms with E-state index >= 15 is 0 Å². The van der Waals surface area contributed by atoms with Gasteiger partial charge < -0.3 is 5.11 Å². The number of pyridine rings is 1. The first-order valence-electron chi connectivity index (χ1n) is 7.62. The quantitative estimate of drug-likeness (QED) is 0.936. The highest BCUT2D eigenvalue weighted by Crippen LogP contribution is 2.30. The lowest BCUT2D eigenvalue weighted by Gasteiger charge is -2.19. The first-order chi connectivity index (χ1) is 10.2. The summed E-state index contributed by atoms with van der Waals surface area (Å²) in [6, 6.07) is 14.5. The molecule has 0 aliphatic carbocycles. The SMILES string of the molecule is CN1CCCC1c1ccc(CC(O)c2ccccc2)nc1. The van der Waals surface area contributed by atoms with Gasteiger partial charge in [-0.3, -0.25) is 9.88 Å². The minimum absolute atomic E-state index is 0.487. The van der Waals surface area contributed by atoms with E-state index in [1.54, 1.807) is 0 Å². The molecule has 2 heterocycles. The lowest BCUT2D eigenvalue weighted by Crippen LogP contribution is -2.17. The second kappa shape index (κ2) is 6.37. The summed E-state index contributed by atoms with van der Waals surface area (Å²) < 4.78 is 0. The van der Waals surface area contributed by atoms with Crippen molar-refractivity contribution in [1.82, 2.24) is 9.88 Å². The number of aliphatic hydroxyl groups is 1. The van der Waals surface area contributed by atoms with Crippen LogP contribution in [-0.2, 0) is 6.42 Å². The Balaban J connectivity index is 1.67.